The maximum atomic E-state index is 10.1. The highest BCUT2D eigenvalue weighted by atomic mass is 32.1. The third-order valence-electron chi connectivity index (χ3n) is 3.84. The number of hydrogen-bond donors (Lipinski definition) is 4. The van der Waals surface area contributed by atoms with E-state index in [1.807, 2.05) is 11.9 Å². The van der Waals surface area contributed by atoms with Gasteiger partial charge in [0.2, 0.25) is 0 Å². The van der Waals surface area contributed by atoms with Crippen LogP contribution in [0.4, 0.5) is 0 Å². The van der Waals surface area contributed by atoms with E-state index in [1.165, 1.54) is 0 Å². The van der Waals surface area contributed by atoms with Gasteiger partial charge in [-0.05, 0) is 0 Å². The van der Waals surface area contributed by atoms with Gasteiger partial charge in [-0.15, -0.1) is 0 Å². The summed E-state index contributed by atoms with van der Waals surface area (Å²) in [5.41, 5.74) is 0. The maximum Gasteiger partial charge on any atom is 0.161 e. The Morgan fingerprint density at radius 1 is 1.40 bits per heavy atom. The van der Waals surface area contributed by atoms with Crippen molar-refractivity contribution in [3.63, 3.8) is 0 Å². The van der Waals surface area contributed by atoms with E-state index >= 15 is 0 Å². The summed E-state index contributed by atoms with van der Waals surface area (Å²) >= 11 is 4.11. The van der Waals surface area contributed by atoms with Gasteiger partial charge in [-0.1, -0.05) is 0 Å². The molecule has 20 heavy (non-hydrogen) atoms. The van der Waals surface area contributed by atoms with Crippen LogP contribution in [0, 0.1) is 5.41 Å². The maximum absolute atomic E-state index is 10.1. The lowest BCUT2D eigenvalue weighted by Gasteiger charge is -2.39. The monoisotopic (exact) mass is 299 g/mol. The quantitative estimate of drug-likeness (QED) is 0.458. The molecule has 6 atom stereocenters. The van der Waals surface area contributed by atoms with E-state index in [9.17, 15) is 10.2 Å². The van der Waals surface area contributed by atoms with E-state index in [2.05, 4.69) is 22.6 Å². The summed E-state index contributed by atoms with van der Waals surface area (Å²) in [5.74, 6) is 0.492. The molecule has 0 bridgehead atoms. The van der Waals surface area contributed by atoms with Crippen LogP contribution in [-0.2, 0) is 4.74 Å². The van der Waals surface area contributed by atoms with Gasteiger partial charge in [-0.2, -0.15) is 12.6 Å². The van der Waals surface area contributed by atoms with Crippen LogP contribution in [0.1, 0.15) is 0 Å². The van der Waals surface area contributed by atoms with Gasteiger partial charge in [-0.3, -0.25) is 10.4 Å². The van der Waals surface area contributed by atoms with Crippen molar-refractivity contribution in [1.29, 1.82) is 5.41 Å². The van der Waals surface area contributed by atoms with E-state index in [1.54, 1.807) is 17.6 Å². The number of aliphatic imine (C=N–C) groups is 2. The Morgan fingerprint density at radius 2 is 2.15 bits per heavy atom. The average molecular weight is 299 g/mol. The molecule has 0 spiro atoms. The SMILES string of the molecule is CN1C=NC(=N)C2N=CN([C@@H]3O[C@H](CS)[C@@H](O)[C@H]3O)C21. The van der Waals surface area contributed by atoms with Crippen LogP contribution >= 0.6 is 12.6 Å². The molecule has 0 aliphatic carbocycles. The normalized spacial score (nSPS) is 43.5. The first kappa shape index (κ1) is 13.8. The molecule has 0 radical (unpaired) electrons. The van der Waals surface area contributed by atoms with Crippen LogP contribution in [0.15, 0.2) is 9.98 Å². The molecule has 3 rings (SSSR count). The summed E-state index contributed by atoms with van der Waals surface area (Å²) in [6, 6.07) is -0.409. The Hall–Kier alpha value is -1.16. The molecule has 0 saturated carbocycles. The van der Waals surface area contributed by atoms with Crippen molar-refractivity contribution in [1.82, 2.24) is 9.80 Å². The first-order valence-corrected chi connectivity index (χ1v) is 6.95. The summed E-state index contributed by atoms with van der Waals surface area (Å²) in [6.07, 6.45) is -0.415. The van der Waals surface area contributed by atoms with E-state index in [4.69, 9.17) is 10.1 Å². The molecule has 0 amide bonds. The van der Waals surface area contributed by atoms with Crippen LogP contribution in [-0.4, -0.2) is 88.1 Å². The molecule has 8 nitrogen and oxygen atoms in total. The largest absolute Gasteiger partial charge is 0.387 e. The fraction of sp³-hybridized carbons (Fsp3) is 0.727. The first-order chi connectivity index (χ1) is 9.54. The Bertz CT molecular complexity index is 473. The van der Waals surface area contributed by atoms with Gasteiger partial charge in [0, 0.05) is 12.8 Å². The standard InChI is InChI=1S/C11H17N5O3S/c1-15-3-14-9(12)6-10(15)16(4-13-6)11-8(18)7(17)5(2-20)19-11/h3-8,10-12,17-18,20H,2H2,1H3/t5-,6?,7-,8-,10?,11-/m1/s1. The van der Waals surface area contributed by atoms with Gasteiger partial charge in [-0.25, -0.2) is 4.99 Å². The topological polar surface area (TPSA) is 105 Å². The van der Waals surface area contributed by atoms with Gasteiger partial charge >= 0.3 is 0 Å². The number of nitrogens with one attached hydrogen (secondary N) is 1. The molecule has 0 aromatic rings. The fourth-order valence-corrected chi connectivity index (χ4v) is 3.04. The predicted molar refractivity (Wildman–Crippen MR) is 76.4 cm³/mol. The predicted octanol–water partition coefficient (Wildman–Crippen LogP) is -1.65. The number of amidine groups is 1. The van der Waals surface area contributed by atoms with Crippen molar-refractivity contribution in [3.8, 4) is 0 Å². The van der Waals surface area contributed by atoms with Crippen LogP contribution in [0.25, 0.3) is 0 Å². The van der Waals surface area contributed by atoms with Gasteiger partial charge < -0.3 is 24.7 Å². The number of likely N-dealkylation sites (N-methyl/N-ethyl adjacent to an activating group) is 1. The molecule has 1 fully saturated rings. The number of thiol groups is 1. The highest BCUT2D eigenvalue weighted by molar-refractivity contribution is 7.80. The minimum absolute atomic E-state index is 0.172. The van der Waals surface area contributed by atoms with Gasteiger partial charge in [0.15, 0.2) is 12.1 Å². The smallest absolute Gasteiger partial charge is 0.161 e. The van der Waals surface area contributed by atoms with Crippen LogP contribution < -0.4 is 0 Å². The van der Waals surface area contributed by atoms with E-state index < -0.39 is 30.6 Å². The molecular weight excluding hydrogens is 282 g/mol. The molecule has 9 heteroatoms. The highest BCUT2D eigenvalue weighted by Gasteiger charge is 2.50. The van der Waals surface area contributed by atoms with Crippen LogP contribution in [0.2, 0.25) is 0 Å². The number of nitrogens with zero attached hydrogens (tertiary/aromatic N) is 4. The summed E-state index contributed by atoms with van der Waals surface area (Å²) in [4.78, 5) is 11.7. The van der Waals surface area contributed by atoms with Crippen molar-refractivity contribution in [2.75, 3.05) is 12.8 Å². The molecule has 3 N–H and O–H groups in total. The average Bonchev–Trinajstić information content (AvgIpc) is 2.99. The number of ether oxygens (including phenoxy) is 1. The van der Waals surface area contributed by atoms with Crippen molar-refractivity contribution in [3.05, 3.63) is 0 Å². The summed E-state index contributed by atoms with van der Waals surface area (Å²) in [5, 5.41) is 27.9. The lowest BCUT2D eigenvalue weighted by molar-refractivity contribution is -0.0778. The minimum Gasteiger partial charge on any atom is -0.387 e. The third-order valence-corrected chi connectivity index (χ3v) is 4.20. The molecule has 0 aromatic carbocycles. The molecule has 2 unspecified atom stereocenters. The fourth-order valence-electron chi connectivity index (χ4n) is 2.74. The van der Waals surface area contributed by atoms with E-state index in [0.717, 1.165) is 0 Å². The zero-order valence-corrected chi connectivity index (χ0v) is 11.8. The Labute approximate surface area is 121 Å². The Balaban J connectivity index is 1.84. The van der Waals surface area contributed by atoms with Crippen molar-refractivity contribution >= 4 is 31.1 Å². The first-order valence-electron chi connectivity index (χ1n) is 6.32. The minimum atomic E-state index is -1.04. The second-order valence-corrected chi connectivity index (χ2v) is 5.46. The molecule has 3 aliphatic heterocycles. The third kappa shape index (κ3) is 1.93. The highest BCUT2D eigenvalue weighted by Crippen LogP contribution is 2.30. The summed E-state index contributed by atoms with van der Waals surface area (Å²) in [6.45, 7) is 0. The van der Waals surface area contributed by atoms with E-state index in [-0.39, 0.29) is 12.0 Å². The van der Waals surface area contributed by atoms with Crippen molar-refractivity contribution in [2.45, 2.75) is 36.7 Å². The lowest BCUT2D eigenvalue weighted by atomic mass is 10.1. The zero-order valence-electron chi connectivity index (χ0n) is 10.9. The van der Waals surface area contributed by atoms with Crippen LogP contribution in [0.3, 0.4) is 0 Å². The molecule has 110 valence electrons. The molecule has 0 aromatic heterocycles. The van der Waals surface area contributed by atoms with Gasteiger partial charge in [0.25, 0.3) is 0 Å². The van der Waals surface area contributed by atoms with Gasteiger partial charge in [0.1, 0.15) is 24.4 Å². The Kier molecular flexibility index (Phi) is 3.44. The number of aliphatic hydroxyl groups is 2. The second kappa shape index (κ2) is 4.99. The number of hydrogen-bond acceptors (Lipinski definition) is 8. The number of fused-ring (bicyclic) bond motifs is 1. The van der Waals surface area contributed by atoms with Crippen molar-refractivity contribution in [2.24, 2.45) is 9.98 Å². The molecule has 3 heterocycles. The van der Waals surface area contributed by atoms with Crippen molar-refractivity contribution < 1.29 is 14.9 Å². The van der Waals surface area contributed by atoms with Gasteiger partial charge in [0.05, 0.1) is 18.8 Å². The molecular formula is C11H17N5O3S. The Morgan fingerprint density at radius 3 is 2.80 bits per heavy atom. The summed E-state index contributed by atoms with van der Waals surface area (Å²) < 4.78 is 5.67. The molecule has 1 saturated heterocycles. The van der Waals surface area contributed by atoms with E-state index in [0.29, 0.717) is 5.75 Å². The molecule has 3 aliphatic rings. The summed E-state index contributed by atoms with van der Waals surface area (Å²) in [7, 11) is 1.82. The zero-order chi connectivity index (χ0) is 14.4. The lowest BCUT2D eigenvalue weighted by Crippen LogP contribution is -2.58. The van der Waals surface area contributed by atoms with Crippen LogP contribution in [0.5, 0.6) is 0 Å². The number of aliphatic hydroxyl groups excluding tert-OH is 2. The second-order valence-electron chi connectivity index (χ2n) is 5.09. The number of rotatable bonds is 2.